The lowest BCUT2D eigenvalue weighted by molar-refractivity contribution is 0.0665. The van der Waals surface area contributed by atoms with Crippen LogP contribution in [-0.2, 0) is 5.54 Å². The Balaban J connectivity index is 1.72. The number of aromatic hydroxyl groups is 1. The lowest BCUT2D eigenvalue weighted by Gasteiger charge is -2.42. The van der Waals surface area contributed by atoms with Gasteiger partial charge in [-0.3, -0.25) is 9.80 Å². The smallest absolute Gasteiger partial charge is 0.269 e. The first-order valence-electron chi connectivity index (χ1n) is 11.5. The SMILES string of the molecule is CCN(CC)c1ccc2c(c1)Oc1c(ccc3cc(O)ccc13)C21c2ccccc2C(=O)N1N. The Hall–Kier alpha value is -4.03. The third kappa shape index (κ3) is 2.51. The molecule has 0 aromatic heterocycles. The average Bonchev–Trinajstić information content (AvgIpc) is 3.07. The maximum atomic E-state index is 13.4. The molecule has 170 valence electrons. The molecule has 1 amide bonds. The monoisotopic (exact) mass is 451 g/mol. The molecule has 0 saturated carbocycles. The minimum atomic E-state index is -1.02. The maximum absolute atomic E-state index is 13.4. The van der Waals surface area contributed by atoms with Crippen LogP contribution in [0.2, 0.25) is 0 Å². The van der Waals surface area contributed by atoms with Crippen molar-refractivity contribution in [1.82, 2.24) is 5.01 Å². The number of ether oxygens (including phenoxy) is 1. The first kappa shape index (κ1) is 20.6. The van der Waals surface area contributed by atoms with Gasteiger partial charge in [-0.15, -0.1) is 0 Å². The second kappa shape index (κ2) is 7.23. The number of phenolic OH excluding ortho intramolecular Hbond substituents is 1. The number of nitrogens with zero attached hydrogens (tertiary/aromatic N) is 2. The van der Waals surface area contributed by atoms with Crippen LogP contribution >= 0.6 is 0 Å². The van der Waals surface area contributed by atoms with Crippen LogP contribution < -0.4 is 15.5 Å². The molecule has 2 aliphatic heterocycles. The van der Waals surface area contributed by atoms with Crippen molar-refractivity contribution in [3.8, 4) is 17.2 Å². The third-order valence-corrected chi connectivity index (χ3v) is 7.17. The van der Waals surface area contributed by atoms with E-state index in [1.807, 2.05) is 54.6 Å². The summed E-state index contributed by atoms with van der Waals surface area (Å²) in [6.07, 6.45) is 0. The van der Waals surface area contributed by atoms with E-state index in [0.717, 1.165) is 46.2 Å². The fourth-order valence-corrected chi connectivity index (χ4v) is 5.57. The van der Waals surface area contributed by atoms with Gasteiger partial charge in [0, 0.05) is 52.5 Å². The highest BCUT2D eigenvalue weighted by atomic mass is 16.5. The van der Waals surface area contributed by atoms with Gasteiger partial charge in [-0.2, -0.15) is 0 Å². The minimum Gasteiger partial charge on any atom is -0.508 e. The number of carbonyl (C=O) groups excluding carboxylic acids is 1. The number of hydrazine groups is 1. The van der Waals surface area contributed by atoms with E-state index in [2.05, 4.69) is 24.8 Å². The molecule has 1 atom stereocenters. The second-order valence-corrected chi connectivity index (χ2v) is 8.73. The normalized spacial score (nSPS) is 18.0. The Kier molecular flexibility index (Phi) is 4.38. The number of benzene rings is 4. The summed E-state index contributed by atoms with van der Waals surface area (Å²) in [5, 5.41) is 13.1. The summed E-state index contributed by atoms with van der Waals surface area (Å²) in [5.74, 6) is 7.92. The van der Waals surface area contributed by atoms with E-state index in [1.165, 1.54) is 5.01 Å². The highest BCUT2D eigenvalue weighted by Gasteiger charge is 2.55. The van der Waals surface area contributed by atoms with Gasteiger partial charge in [0.1, 0.15) is 22.8 Å². The molecule has 6 nitrogen and oxygen atoms in total. The number of hydrogen-bond acceptors (Lipinski definition) is 5. The molecule has 2 aliphatic rings. The number of rotatable bonds is 3. The van der Waals surface area contributed by atoms with Crippen LogP contribution in [0.4, 0.5) is 5.69 Å². The van der Waals surface area contributed by atoms with Gasteiger partial charge in [0.25, 0.3) is 5.91 Å². The largest absolute Gasteiger partial charge is 0.508 e. The number of anilines is 1. The fraction of sp³-hybridized carbons (Fsp3) is 0.179. The molecule has 3 N–H and O–H groups in total. The molecule has 0 aliphatic carbocycles. The van der Waals surface area contributed by atoms with Crippen LogP contribution in [0.1, 0.15) is 40.9 Å². The highest BCUT2D eigenvalue weighted by Crippen LogP contribution is 2.58. The predicted molar refractivity (Wildman–Crippen MR) is 132 cm³/mol. The van der Waals surface area contributed by atoms with Crippen molar-refractivity contribution in [2.45, 2.75) is 19.4 Å². The zero-order chi connectivity index (χ0) is 23.6. The van der Waals surface area contributed by atoms with E-state index in [1.54, 1.807) is 12.1 Å². The Labute approximate surface area is 197 Å². The minimum absolute atomic E-state index is 0.184. The number of hydrogen-bond donors (Lipinski definition) is 2. The molecule has 6 rings (SSSR count). The van der Waals surface area contributed by atoms with Gasteiger partial charge < -0.3 is 14.7 Å². The topological polar surface area (TPSA) is 79.0 Å². The summed E-state index contributed by atoms with van der Waals surface area (Å²) in [5.41, 5.74) is 3.07. The lowest BCUT2D eigenvalue weighted by atomic mass is 9.74. The number of amides is 1. The Morgan fingerprint density at radius 1 is 0.941 bits per heavy atom. The average molecular weight is 452 g/mol. The summed E-state index contributed by atoms with van der Waals surface area (Å²) in [4.78, 5) is 15.6. The van der Waals surface area contributed by atoms with Crippen molar-refractivity contribution >= 4 is 22.4 Å². The molecule has 1 unspecified atom stereocenters. The van der Waals surface area contributed by atoms with Crippen molar-refractivity contribution in [3.63, 3.8) is 0 Å². The molecular formula is C28H25N3O3. The molecule has 4 aromatic rings. The Bertz CT molecular complexity index is 1480. The van der Waals surface area contributed by atoms with E-state index in [-0.39, 0.29) is 11.7 Å². The van der Waals surface area contributed by atoms with Gasteiger partial charge >= 0.3 is 0 Å². The van der Waals surface area contributed by atoms with E-state index in [0.29, 0.717) is 17.1 Å². The first-order valence-corrected chi connectivity index (χ1v) is 11.5. The van der Waals surface area contributed by atoms with Crippen molar-refractivity contribution in [1.29, 1.82) is 0 Å². The molecule has 2 heterocycles. The van der Waals surface area contributed by atoms with Crippen LogP contribution in [0, 0.1) is 0 Å². The molecule has 4 aromatic carbocycles. The van der Waals surface area contributed by atoms with Crippen molar-refractivity contribution in [3.05, 3.63) is 95.1 Å². The second-order valence-electron chi connectivity index (χ2n) is 8.73. The predicted octanol–water partition coefficient (Wildman–Crippen LogP) is 5.12. The molecular weight excluding hydrogens is 426 g/mol. The maximum Gasteiger partial charge on any atom is 0.269 e. The van der Waals surface area contributed by atoms with Gasteiger partial charge in [-0.05, 0) is 49.6 Å². The number of fused-ring (bicyclic) bond motifs is 8. The van der Waals surface area contributed by atoms with Gasteiger partial charge in [0.15, 0.2) is 0 Å². The number of phenols is 1. The number of nitrogens with two attached hydrogens (primary N) is 1. The van der Waals surface area contributed by atoms with Crippen LogP contribution in [0.15, 0.2) is 72.8 Å². The van der Waals surface area contributed by atoms with Gasteiger partial charge in [0.05, 0.1) is 0 Å². The zero-order valence-corrected chi connectivity index (χ0v) is 19.1. The fourth-order valence-electron chi connectivity index (χ4n) is 5.57. The summed E-state index contributed by atoms with van der Waals surface area (Å²) in [6, 6.07) is 22.8. The van der Waals surface area contributed by atoms with Gasteiger partial charge in [-0.25, -0.2) is 5.84 Å². The quantitative estimate of drug-likeness (QED) is 0.334. The highest BCUT2D eigenvalue weighted by molar-refractivity contribution is 6.03. The summed E-state index contributed by atoms with van der Waals surface area (Å²) in [6.45, 7) is 5.97. The van der Waals surface area contributed by atoms with Gasteiger partial charge in [-0.1, -0.05) is 36.4 Å². The summed E-state index contributed by atoms with van der Waals surface area (Å²) in [7, 11) is 0. The first-order chi connectivity index (χ1) is 16.5. The molecule has 0 radical (unpaired) electrons. The van der Waals surface area contributed by atoms with E-state index in [4.69, 9.17) is 10.6 Å². The molecule has 6 heteroatoms. The van der Waals surface area contributed by atoms with E-state index >= 15 is 0 Å². The van der Waals surface area contributed by atoms with Crippen LogP contribution in [0.5, 0.6) is 17.2 Å². The van der Waals surface area contributed by atoms with Crippen molar-refractivity contribution in [2.24, 2.45) is 5.84 Å². The molecule has 0 fully saturated rings. The molecule has 0 bridgehead atoms. The van der Waals surface area contributed by atoms with E-state index < -0.39 is 5.54 Å². The lowest BCUT2D eigenvalue weighted by Crippen LogP contribution is -2.51. The van der Waals surface area contributed by atoms with Crippen molar-refractivity contribution in [2.75, 3.05) is 18.0 Å². The standard InChI is InChI=1S/C28H25N3O3/c1-3-30(4-2)18-10-14-23-25(16-18)34-26-20-12-11-19(32)15-17(20)9-13-24(26)28(23)22-8-6-5-7-21(22)27(33)31(28)29/h5-16,32H,3-4,29H2,1-2H3. The molecule has 34 heavy (non-hydrogen) atoms. The van der Waals surface area contributed by atoms with Gasteiger partial charge in [0.2, 0.25) is 0 Å². The third-order valence-electron chi connectivity index (χ3n) is 7.17. The van der Waals surface area contributed by atoms with Crippen molar-refractivity contribution < 1.29 is 14.6 Å². The van der Waals surface area contributed by atoms with Crippen LogP contribution in [0.25, 0.3) is 10.8 Å². The molecule has 0 saturated heterocycles. The molecule has 1 spiro atoms. The number of carbonyl (C=O) groups is 1. The Morgan fingerprint density at radius 3 is 2.50 bits per heavy atom. The zero-order valence-electron chi connectivity index (χ0n) is 19.1. The van der Waals surface area contributed by atoms with Crippen LogP contribution in [0.3, 0.4) is 0 Å². The summed E-state index contributed by atoms with van der Waals surface area (Å²) >= 11 is 0. The van der Waals surface area contributed by atoms with Crippen LogP contribution in [-0.4, -0.2) is 29.1 Å². The Morgan fingerprint density at radius 2 is 1.71 bits per heavy atom. The van der Waals surface area contributed by atoms with E-state index in [9.17, 15) is 9.90 Å². The summed E-state index contributed by atoms with van der Waals surface area (Å²) < 4.78 is 6.59.